The monoisotopic (exact) mass is 322 g/mol. The van der Waals surface area contributed by atoms with Gasteiger partial charge in [0.2, 0.25) is 0 Å². The summed E-state index contributed by atoms with van der Waals surface area (Å²) >= 11 is 3.26. The Kier molecular flexibility index (Phi) is 4.68. The number of hydrogen-bond acceptors (Lipinski definition) is 3. The van der Waals surface area contributed by atoms with Crippen molar-refractivity contribution >= 4 is 21.8 Å². The van der Waals surface area contributed by atoms with E-state index in [2.05, 4.69) is 36.4 Å². The summed E-state index contributed by atoms with van der Waals surface area (Å²) in [5, 5.41) is 9.75. The lowest BCUT2D eigenvalue weighted by atomic mass is 10.1. The highest BCUT2D eigenvalue weighted by Gasteiger charge is 2.09. The summed E-state index contributed by atoms with van der Waals surface area (Å²) in [6.07, 6.45) is 5.25. The maximum atomic E-state index is 11.9. The Morgan fingerprint density at radius 3 is 3.05 bits per heavy atom. The molecule has 5 nitrogen and oxygen atoms in total. The fourth-order valence-electron chi connectivity index (χ4n) is 1.76. The third kappa shape index (κ3) is 3.64. The van der Waals surface area contributed by atoms with Crippen molar-refractivity contribution in [3.05, 3.63) is 46.0 Å². The Morgan fingerprint density at radius 2 is 2.37 bits per heavy atom. The molecule has 0 saturated carbocycles. The minimum absolute atomic E-state index is 0.108. The van der Waals surface area contributed by atoms with Crippen LogP contribution in [0.1, 0.15) is 28.0 Å². The van der Waals surface area contributed by atoms with Crippen LogP contribution < -0.4 is 5.32 Å². The molecule has 0 atom stereocenters. The molecule has 0 unspecified atom stereocenters. The van der Waals surface area contributed by atoms with Crippen LogP contribution in [0.25, 0.3) is 0 Å². The van der Waals surface area contributed by atoms with Gasteiger partial charge >= 0.3 is 0 Å². The molecule has 0 aliphatic carbocycles. The van der Waals surface area contributed by atoms with Crippen molar-refractivity contribution < 1.29 is 4.79 Å². The zero-order valence-electron chi connectivity index (χ0n) is 10.6. The Bertz CT molecular complexity index is 567. The van der Waals surface area contributed by atoms with E-state index in [0.29, 0.717) is 16.7 Å². The fraction of sp³-hybridized carbons (Fsp3) is 0.308. The van der Waals surface area contributed by atoms with E-state index in [1.807, 2.05) is 13.1 Å². The number of hydrogen-bond donors (Lipinski definition) is 2. The van der Waals surface area contributed by atoms with E-state index in [4.69, 9.17) is 0 Å². The molecule has 2 heterocycles. The van der Waals surface area contributed by atoms with Gasteiger partial charge in [-0.3, -0.25) is 9.89 Å². The van der Waals surface area contributed by atoms with Crippen molar-refractivity contribution in [2.75, 3.05) is 6.54 Å². The summed E-state index contributed by atoms with van der Waals surface area (Å²) in [5.41, 5.74) is 2.83. The smallest absolute Gasteiger partial charge is 0.254 e. The largest absolute Gasteiger partial charge is 0.352 e. The topological polar surface area (TPSA) is 70.7 Å². The highest BCUT2D eigenvalue weighted by atomic mass is 79.9. The van der Waals surface area contributed by atoms with Crippen LogP contribution in [0.5, 0.6) is 0 Å². The summed E-state index contributed by atoms with van der Waals surface area (Å²) in [7, 11) is 0. The number of H-pyrrole nitrogens is 1. The van der Waals surface area contributed by atoms with Crippen LogP contribution in [0.2, 0.25) is 0 Å². The number of nitrogens with zero attached hydrogens (tertiary/aromatic N) is 2. The standard InChI is InChI=1S/C13H15BrN4O/c1-9-10(8-17-18-9)4-2-7-16-13(19)11-5-3-6-15-12(11)14/h3,5-6,8H,2,4,7H2,1H3,(H,16,19)(H,17,18). The van der Waals surface area contributed by atoms with E-state index in [1.165, 1.54) is 5.56 Å². The van der Waals surface area contributed by atoms with Gasteiger partial charge < -0.3 is 5.32 Å². The van der Waals surface area contributed by atoms with Gasteiger partial charge in [-0.05, 0) is 53.4 Å². The Balaban J connectivity index is 1.79. The maximum absolute atomic E-state index is 11.9. The zero-order valence-corrected chi connectivity index (χ0v) is 12.2. The summed E-state index contributed by atoms with van der Waals surface area (Å²) in [6, 6.07) is 3.49. The molecular formula is C13H15BrN4O. The molecule has 1 amide bonds. The van der Waals surface area contributed by atoms with Crippen molar-refractivity contribution in [2.24, 2.45) is 0 Å². The summed E-state index contributed by atoms with van der Waals surface area (Å²) in [5.74, 6) is -0.108. The summed E-state index contributed by atoms with van der Waals surface area (Å²) in [6.45, 7) is 2.62. The van der Waals surface area contributed by atoms with Gasteiger partial charge in [-0.15, -0.1) is 0 Å². The van der Waals surface area contributed by atoms with Crippen molar-refractivity contribution in [3.8, 4) is 0 Å². The van der Waals surface area contributed by atoms with E-state index in [-0.39, 0.29) is 5.91 Å². The molecule has 0 aliphatic rings. The Hall–Kier alpha value is -1.69. The molecule has 0 radical (unpaired) electrons. The van der Waals surface area contributed by atoms with Crippen molar-refractivity contribution in [2.45, 2.75) is 19.8 Å². The first-order chi connectivity index (χ1) is 9.18. The summed E-state index contributed by atoms with van der Waals surface area (Å²) in [4.78, 5) is 15.9. The van der Waals surface area contributed by atoms with Crippen LogP contribution in [0.3, 0.4) is 0 Å². The predicted octanol–water partition coefficient (Wildman–Crippen LogP) is 2.24. The fourth-order valence-corrected chi connectivity index (χ4v) is 2.19. The number of amides is 1. The lowest BCUT2D eigenvalue weighted by Crippen LogP contribution is -2.25. The first kappa shape index (κ1) is 13.7. The number of carbonyl (C=O) groups excluding carboxylic acids is 1. The SMILES string of the molecule is Cc1[nH]ncc1CCCNC(=O)c1cccnc1Br. The van der Waals surface area contributed by atoms with Crippen molar-refractivity contribution in [1.82, 2.24) is 20.5 Å². The molecule has 6 heteroatoms. The predicted molar refractivity (Wildman–Crippen MR) is 75.9 cm³/mol. The number of aromatic nitrogens is 3. The van der Waals surface area contributed by atoms with Crippen LogP contribution in [-0.2, 0) is 6.42 Å². The van der Waals surface area contributed by atoms with Crippen LogP contribution in [0.15, 0.2) is 29.1 Å². The average molecular weight is 323 g/mol. The lowest BCUT2D eigenvalue weighted by molar-refractivity contribution is 0.0952. The average Bonchev–Trinajstić information content (AvgIpc) is 2.80. The van der Waals surface area contributed by atoms with E-state index >= 15 is 0 Å². The maximum Gasteiger partial charge on any atom is 0.254 e. The second kappa shape index (κ2) is 6.47. The number of aromatic amines is 1. The van der Waals surface area contributed by atoms with Crippen LogP contribution in [0.4, 0.5) is 0 Å². The molecular weight excluding hydrogens is 308 g/mol. The van der Waals surface area contributed by atoms with E-state index in [1.54, 1.807) is 18.3 Å². The van der Waals surface area contributed by atoms with Gasteiger partial charge in [0.25, 0.3) is 5.91 Å². The van der Waals surface area contributed by atoms with Gasteiger partial charge in [0.1, 0.15) is 4.60 Å². The Labute approximate surface area is 120 Å². The second-order valence-electron chi connectivity index (χ2n) is 4.22. The molecule has 0 aromatic carbocycles. The first-order valence-corrected chi connectivity index (χ1v) is 6.85. The van der Waals surface area contributed by atoms with E-state index in [0.717, 1.165) is 18.5 Å². The molecule has 0 saturated heterocycles. The first-order valence-electron chi connectivity index (χ1n) is 6.06. The van der Waals surface area contributed by atoms with Gasteiger partial charge in [0.05, 0.1) is 11.8 Å². The minimum atomic E-state index is -0.108. The number of carbonyl (C=O) groups is 1. The molecule has 0 fully saturated rings. The number of aryl methyl sites for hydroxylation is 2. The quantitative estimate of drug-likeness (QED) is 0.655. The Morgan fingerprint density at radius 1 is 1.53 bits per heavy atom. The van der Waals surface area contributed by atoms with Gasteiger partial charge in [0, 0.05) is 18.4 Å². The molecule has 2 N–H and O–H groups in total. The van der Waals surface area contributed by atoms with Crippen molar-refractivity contribution in [1.29, 1.82) is 0 Å². The van der Waals surface area contributed by atoms with Crippen LogP contribution >= 0.6 is 15.9 Å². The zero-order chi connectivity index (χ0) is 13.7. The lowest BCUT2D eigenvalue weighted by Gasteiger charge is -2.06. The molecule has 2 aromatic heterocycles. The van der Waals surface area contributed by atoms with Gasteiger partial charge in [-0.25, -0.2) is 4.98 Å². The van der Waals surface area contributed by atoms with E-state index in [9.17, 15) is 4.79 Å². The number of pyridine rings is 1. The molecule has 19 heavy (non-hydrogen) atoms. The van der Waals surface area contributed by atoms with Gasteiger partial charge in [-0.2, -0.15) is 5.10 Å². The van der Waals surface area contributed by atoms with Gasteiger partial charge in [-0.1, -0.05) is 0 Å². The highest BCUT2D eigenvalue weighted by molar-refractivity contribution is 9.10. The third-order valence-corrected chi connectivity index (χ3v) is 3.48. The van der Waals surface area contributed by atoms with E-state index < -0.39 is 0 Å². The number of halogens is 1. The molecule has 100 valence electrons. The summed E-state index contributed by atoms with van der Waals surface area (Å²) < 4.78 is 0.568. The van der Waals surface area contributed by atoms with Gasteiger partial charge in [0.15, 0.2) is 0 Å². The number of nitrogens with one attached hydrogen (secondary N) is 2. The number of rotatable bonds is 5. The second-order valence-corrected chi connectivity index (χ2v) is 4.97. The molecule has 0 spiro atoms. The molecule has 0 aliphatic heterocycles. The molecule has 0 bridgehead atoms. The highest BCUT2D eigenvalue weighted by Crippen LogP contribution is 2.12. The molecule has 2 rings (SSSR count). The minimum Gasteiger partial charge on any atom is -0.352 e. The third-order valence-electron chi connectivity index (χ3n) is 2.85. The van der Waals surface area contributed by atoms with Crippen LogP contribution in [0, 0.1) is 6.92 Å². The van der Waals surface area contributed by atoms with Crippen LogP contribution in [-0.4, -0.2) is 27.6 Å². The molecule has 2 aromatic rings. The normalized spacial score (nSPS) is 10.4. The van der Waals surface area contributed by atoms with Crippen molar-refractivity contribution in [3.63, 3.8) is 0 Å².